The molecule has 174 valence electrons. The highest BCUT2D eigenvalue weighted by molar-refractivity contribution is 14.0. The van der Waals surface area contributed by atoms with Crippen molar-refractivity contribution in [2.45, 2.75) is 32.4 Å². The maximum absolute atomic E-state index is 12.3. The predicted molar refractivity (Wildman–Crippen MR) is 141 cm³/mol. The van der Waals surface area contributed by atoms with Crippen molar-refractivity contribution in [1.82, 2.24) is 15.5 Å². The summed E-state index contributed by atoms with van der Waals surface area (Å²) in [5, 5.41) is 10.2. The predicted octanol–water partition coefficient (Wildman–Crippen LogP) is 4.72. The van der Waals surface area contributed by atoms with E-state index in [0.29, 0.717) is 24.1 Å². The Bertz CT molecular complexity index is 888. The average molecular weight is 572 g/mol. The van der Waals surface area contributed by atoms with Crippen LogP contribution in [-0.4, -0.2) is 49.7 Å². The Morgan fingerprint density at radius 1 is 1.16 bits per heavy atom. The number of carbonyl (C=O) groups excluding carboxylic acids is 1. The van der Waals surface area contributed by atoms with Crippen LogP contribution in [0.5, 0.6) is 5.75 Å². The molecule has 1 unspecified atom stereocenters. The molecule has 2 aromatic rings. The number of hydrogen-bond donors (Lipinski definition) is 3. The number of hydrogen-bond acceptors (Lipinski definition) is 3. The molecule has 0 aliphatic carbocycles. The number of urea groups is 1. The lowest BCUT2D eigenvalue weighted by molar-refractivity contribution is 0.222. The quantitative estimate of drug-likeness (QED) is 0.255. The molecule has 9 heteroatoms. The monoisotopic (exact) mass is 571 g/mol. The summed E-state index contributed by atoms with van der Waals surface area (Å²) in [5.41, 5.74) is 1.84. The maximum Gasteiger partial charge on any atom is 0.321 e. The van der Waals surface area contributed by atoms with E-state index in [1.54, 1.807) is 19.2 Å². The zero-order chi connectivity index (χ0) is 22.1. The largest absolute Gasteiger partial charge is 0.489 e. The highest BCUT2D eigenvalue weighted by atomic mass is 127. The minimum Gasteiger partial charge on any atom is -0.489 e. The first-order valence-corrected chi connectivity index (χ1v) is 10.9. The number of halogens is 2. The number of ether oxygens (including phenoxy) is 1. The van der Waals surface area contributed by atoms with Crippen molar-refractivity contribution < 1.29 is 9.53 Å². The van der Waals surface area contributed by atoms with Gasteiger partial charge in [-0.2, -0.15) is 0 Å². The fourth-order valence-electron chi connectivity index (χ4n) is 3.32. The summed E-state index contributed by atoms with van der Waals surface area (Å²) in [5.74, 6) is 1.45. The molecule has 2 aromatic carbocycles. The molecule has 3 N–H and O–H groups in total. The molecule has 0 saturated carbocycles. The SMILES string of the molecule is CN=C(NCc1cccc(NC(=O)N2CCCC2)c1)NCC(C)Oc1ccc(Cl)cc1.I. The number of amides is 2. The van der Waals surface area contributed by atoms with Gasteiger partial charge in [0.2, 0.25) is 0 Å². The van der Waals surface area contributed by atoms with Crippen molar-refractivity contribution in [2.24, 2.45) is 4.99 Å². The van der Waals surface area contributed by atoms with Crippen LogP contribution in [0.4, 0.5) is 10.5 Å². The number of aliphatic imine (C=N–C) groups is 1. The van der Waals surface area contributed by atoms with Crippen LogP contribution < -0.4 is 20.7 Å². The van der Waals surface area contributed by atoms with E-state index in [1.807, 2.05) is 48.2 Å². The highest BCUT2D eigenvalue weighted by Gasteiger charge is 2.17. The maximum atomic E-state index is 12.3. The fraction of sp³-hybridized carbons (Fsp3) is 0.391. The zero-order valence-electron chi connectivity index (χ0n) is 18.4. The third kappa shape index (κ3) is 8.38. The van der Waals surface area contributed by atoms with Crippen LogP contribution >= 0.6 is 35.6 Å². The van der Waals surface area contributed by atoms with E-state index in [9.17, 15) is 4.79 Å². The Morgan fingerprint density at radius 2 is 1.88 bits per heavy atom. The molecular formula is C23H31ClIN5O2. The second-order valence-corrected chi connectivity index (χ2v) is 7.95. The topological polar surface area (TPSA) is 78.0 Å². The Morgan fingerprint density at radius 3 is 2.56 bits per heavy atom. The first-order chi connectivity index (χ1) is 15.0. The third-order valence-electron chi connectivity index (χ3n) is 4.96. The van der Waals surface area contributed by atoms with Gasteiger partial charge in [-0.1, -0.05) is 23.7 Å². The smallest absolute Gasteiger partial charge is 0.321 e. The molecule has 1 atom stereocenters. The van der Waals surface area contributed by atoms with E-state index in [-0.39, 0.29) is 36.1 Å². The van der Waals surface area contributed by atoms with E-state index >= 15 is 0 Å². The second-order valence-electron chi connectivity index (χ2n) is 7.51. The molecule has 0 radical (unpaired) electrons. The second kappa shape index (κ2) is 13.4. The number of guanidine groups is 1. The van der Waals surface area contributed by atoms with Crippen LogP contribution in [0.25, 0.3) is 0 Å². The fourth-order valence-corrected chi connectivity index (χ4v) is 3.44. The van der Waals surface area contributed by atoms with Crippen LogP contribution in [-0.2, 0) is 6.54 Å². The number of nitrogens with zero attached hydrogens (tertiary/aromatic N) is 2. The Labute approximate surface area is 212 Å². The molecule has 1 aliphatic rings. The van der Waals surface area contributed by atoms with E-state index in [0.717, 1.165) is 42.9 Å². The lowest BCUT2D eigenvalue weighted by Crippen LogP contribution is -2.41. The van der Waals surface area contributed by atoms with Crippen molar-refractivity contribution in [3.05, 3.63) is 59.1 Å². The number of nitrogens with one attached hydrogen (secondary N) is 3. The summed E-state index contributed by atoms with van der Waals surface area (Å²) < 4.78 is 5.87. The van der Waals surface area contributed by atoms with Gasteiger partial charge in [-0.3, -0.25) is 4.99 Å². The Kier molecular flexibility index (Phi) is 10.9. The molecule has 2 amide bonds. The van der Waals surface area contributed by atoms with Gasteiger partial charge in [-0.25, -0.2) is 4.79 Å². The van der Waals surface area contributed by atoms with E-state index in [1.165, 1.54) is 0 Å². The van der Waals surface area contributed by atoms with Crippen molar-refractivity contribution >= 4 is 53.3 Å². The van der Waals surface area contributed by atoms with Crippen LogP contribution in [0.3, 0.4) is 0 Å². The molecule has 1 aliphatic heterocycles. The molecule has 7 nitrogen and oxygen atoms in total. The number of benzene rings is 2. The molecule has 1 fully saturated rings. The molecule has 32 heavy (non-hydrogen) atoms. The summed E-state index contributed by atoms with van der Waals surface area (Å²) in [6, 6.07) is 15.1. The molecule has 0 bridgehead atoms. The molecule has 3 rings (SSSR count). The molecule has 0 spiro atoms. The summed E-state index contributed by atoms with van der Waals surface area (Å²) in [7, 11) is 1.73. The molecular weight excluding hydrogens is 541 g/mol. The lowest BCUT2D eigenvalue weighted by atomic mass is 10.2. The third-order valence-corrected chi connectivity index (χ3v) is 5.21. The van der Waals surface area contributed by atoms with Gasteiger partial charge in [0.05, 0.1) is 6.54 Å². The minimum absolute atomic E-state index is 0. The zero-order valence-corrected chi connectivity index (χ0v) is 21.5. The van der Waals surface area contributed by atoms with Gasteiger partial charge < -0.3 is 25.6 Å². The molecule has 1 heterocycles. The summed E-state index contributed by atoms with van der Waals surface area (Å²) in [6.45, 7) is 4.82. The van der Waals surface area contributed by atoms with Gasteiger partial charge >= 0.3 is 6.03 Å². The van der Waals surface area contributed by atoms with Crippen molar-refractivity contribution in [1.29, 1.82) is 0 Å². The van der Waals surface area contributed by atoms with E-state index < -0.39 is 0 Å². The number of likely N-dealkylation sites (tertiary alicyclic amines) is 1. The molecule has 0 aromatic heterocycles. The van der Waals surface area contributed by atoms with Gasteiger partial charge in [0.15, 0.2) is 5.96 Å². The number of anilines is 1. The van der Waals surface area contributed by atoms with E-state index in [4.69, 9.17) is 16.3 Å². The van der Waals surface area contributed by atoms with Gasteiger partial charge in [-0.05, 0) is 61.7 Å². The van der Waals surface area contributed by atoms with Crippen LogP contribution in [0.2, 0.25) is 5.02 Å². The Hall–Kier alpha value is -2.20. The van der Waals surface area contributed by atoms with Crippen LogP contribution in [0, 0.1) is 0 Å². The van der Waals surface area contributed by atoms with Crippen molar-refractivity contribution in [3.8, 4) is 5.75 Å². The first-order valence-electron chi connectivity index (χ1n) is 10.5. The van der Waals surface area contributed by atoms with Gasteiger partial charge in [0.1, 0.15) is 11.9 Å². The van der Waals surface area contributed by atoms with Gasteiger partial charge in [0, 0.05) is 37.4 Å². The van der Waals surface area contributed by atoms with Crippen molar-refractivity contribution in [3.63, 3.8) is 0 Å². The number of carbonyl (C=O) groups is 1. The standard InChI is InChI=1S/C23H30ClN5O2.HI/c1-17(31-21-10-8-19(24)9-11-21)15-26-22(25-2)27-16-18-6-5-7-20(14-18)28-23(30)29-12-3-4-13-29;/h5-11,14,17H,3-4,12-13,15-16H2,1-2H3,(H,28,30)(H2,25,26,27);1H. The Balaban J connectivity index is 0.00000363. The van der Waals surface area contributed by atoms with Crippen LogP contribution in [0.15, 0.2) is 53.5 Å². The summed E-state index contributed by atoms with van der Waals surface area (Å²) in [4.78, 5) is 18.4. The lowest BCUT2D eigenvalue weighted by Gasteiger charge is -2.18. The number of rotatable bonds is 7. The highest BCUT2D eigenvalue weighted by Crippen LogP contribution is 2.17. The van der Waals surface area contributed by atoms with Crippen LogP contribution in [0.1, 0.15) is 25.3 Å². The average Bonchev–Trinajstić information content (AvgIpc) is 3.31. The summed E-state index contributed by atoms with van der Waals surface area (Å²) >= 11 is 5.90. The van der Waals surface area contributed by atoms with Gasteiger partial charge in [-0.15, -0.1) is 24.0 Å². The summed E-state index contributed by atoms with van der Waals surface area (Å²) in [6.07, 6.45) is 2.10. The molecule has 1 saturated heterocycles. The van der Waals surface area contributed by atoms with E-state index in [2.05, 4.69) is 20.9 Å². The van der Waals surface area contributed by atoms with Crippen molar-refractivity contribution in [2.75, 3.05) is 32.0 Å². The minimum atomic E-state index is -0.0520. The van der Waals surface area contributed by atoms with Gasteiger partial charge in [0.25, 0.3) is 0 Å². The normalized spacial score (nSPS) is 14.3. The first kappa shape index (κ1) is 26.1.